The summed E-state index contributed by atoms with van der Waals surface area (Å²) in [5.41, 5.74) is 10.0. The van der Waals surface area contributed by atoms with Crippen molar-refractivity contribution < 1.29 is 0 Å². The molecule has 3 rings (SSSR count). The number of nitrogens with zero attached hydrogens (tertiary/aromatic N) is 1. The summed E-state index contributed by atoms with van der Waals surface area (Å²) >= 11 is 1.78. The molecule has 2 N–H and O–H groups in total. The molecule has 1 aromatic carbocycles. The second-order valence-corrected chi connectivity index (χ2v) is 7.15. The number of aryl methyl sites for hydroxylation is 1. The molecule has 0 spiro atoms. The van der Waals surface area contributed by atoms with Crippen molar-refractivity contribution in [3.05, 3.63) is 40.4 Å². The van der Waals surface area contributed by atoms with Gasteiger partial charge in [-0.2, -0.15) is 0 Å². The highest BCUT2D eigenvalue weighted by Crippen LogP contribution is 2.36. The highest BCUT2D eigenvalue weighted by Gasteiger charge is 2.21. The number of benzene rings is 1. The third-order valence-electron chi connectivity index (χ3n) is 3.84. The summed E-state index contributed by atoms with van der Waals surface area (Å²) in [6.45, 7) is 4.51. The number of nitrogens with two attached hydrogens (primary N) is 1. The number of thiazole rings is 1. The van der Waals surface area contributed by atoms with Crippen LogP contribution in [0.4, 0.5) is 0 Å². The van der Waals surface area contributed by atoms with Crippen molar-refractivity contribution in [2.75, 3.05) is 0 Å². The maximum absolute atomic E-state index is 6.19. The number of rotatable bonds is 3. The molecule has 1 aromatic heterocycles. The van der Waals surface area contributed by atoms with Gasteiger partial charge in [-0.15, -0.1) is 11.3 Å². The van der Waals surface area contributed by atoms with E-state index in [1.165, 1.54) is 28.1 Å². The Balaban J connectivity index is 1.86. The van der Waals surface area contributed by atoms with Gasteiger partial charge in [0.15, 0.2) is 0 Å². The molecule has 1 atom stereocenters. The lowest BCUT2D eigenvalue weighted by Crippen LogP contribution is -2.15. The first kappa shape index (κ1) is 13.8. The molecular weight excluding hydrogens is 264 g/mol. The highest BCUT2D eigenvalue weighted by atomic mass is 32.1. The molecule has 0 saturated carbocycles. The summed E-state index contributed by atoms with van der Waals surface area (Å²) in [7, 11) is 0. The van der Waals surface area contributed by atoms with Crippen LogP contribution in [0, 0.1) is 5.92 Å². The predicted octanol–water partition coefficient (Wildman–Crippen LogP) is 4.34. The van der Waals surface area contributed by atoms with Gasteiger partial charge in [0, 0.05) is 16.5 Å². The van der Waals surface area contributed by atoms with Crippen molar-refractivity contribution in [3.63, 3.8) is 0 Å². The maximum atomic E-state index is 6.19. The van der Waals surface area contributed by atoms with Crippen molar-refractivity contribution in [3.8, 4) is 10.6 Å². The minimum atomic E-state index is 0.199. The molecular formula is C17H22N2S. The molecule has 1 heterocycles. The summed E-state index contributed by atoms with van der Waals surface area (Å²) in [4.78, 5) is 6.10. The predicted molar refractivity (Wildman–Crippen MR) is 86.0 cm³/mol. The third-order valence-corrected chi connectivity index (χ3v) is 5.12. The molecule has 0 fully saturated rings. The fraction of sp³-hybridized carbons (Fsp3) is 0.471. The van der Waals surface area contributed by atoms with E-state index in [-0.39, 0.29) is 6.04 Å². The Labute approximate surface area is 125 Å². The van der Waals surface area contributed by atoms with Gasteiger partial charge in [-0.3, -0.25) is 0 Å². The monoisotopic (exact) mass is 286 g/mol. The number of hydrogen-bond acceptors (Lipinski definition) is 3. The van der Waals surface area contributed by atoms with Crippen LogP contribution in [0.5, 0.6) is 0 Å². The first-order valence-corrected chi connectivity index (χ1v) is 8.29. The van der Waals surface area contributed by atoms with Gasteiger partial charge >= 0.3 is 0 Å². The summed E-state index contributed by atoms with van der Waals surface area (Å²) in [5, 5.41) is 1.13. The van der Waals surface area contributed by atoms with Crippen LogP contribution in [0.25, 0.3) is 10.6 Å². The van der Waals surface area contributed by atoms with E-state index >= 15 is 0 Å². The third kappa shape index (κ3) is 2.79. The average Bonchev–Trinajstić information content (AvgIpc) is 2.84. The van der Waals surface area contributed by atoms with Crippen molar-refractivity contribution in [2.24, 2.45) is 11.7 Å². The molecule has 1 unspecified atom stereocenters. The Hall–Kier alpha value is -1.19. The molecule has 2 nitrogen and oxygen atoms in total. The largest absolute Gasteiger partial charge is 0.323 e. The van der Waals surface area contributed by atoms with Crippen molar-refractivity contribution in [2.45, 2.75) is 45.6 Å². The van der Waals surface area contributed by atoms with Crippen LogP contribution >= 0.6 is 11.3 Å². The van der Waals surface area contributed by atoms with E-state index < -0.39 is 0 Å². The Morgan fingerprint density at radius 2 is 2.05 bits per heavy atom. The lowest BCUT2D eigenvalue weighted by atomic mass is 9.99. The van der Waals surface area contributed by atoms with Crippen molar-refractivity contribution in [1.82, 2.24) is 4.98 Å². The number of aromatic nitrogens is 1. The van der Waals surface area contributed by atoms with Crippen LogP contribution in [-0.2, 0) is 12.8 Å². The minimum Gasteiger partial charge on any atom is -0.323 e. The topological polar surface area (TPSA) is 38.9 Å². The van der Waals surface area contributed by atoms with Crippen LogP contribution in [-0.4, -0.2) is 4.98 Å². The van der Waals surface area contributed by atoms with Gasteiger partial charge in [0.25, 0.3) is 0 Å². The zero-order valence-corrected chi connectivity index (χ0v) is 13.0. The first-order chi connectivity index (χ1) is 9.63. The average molecular weight is 286 g/mol. The van der Waals surface area contributed by atoms with Crippen LogP contribution in [0.3, 0.4) is 0 Å². The smallest absolute Gasteiger partial charge is 0.123 e. The van der Waals surface area contributed by atoms with Crippen LogP contribution in [0.2, 0.25) is 0 Å². The van der Waals surface area contributed by atoms with Gasteiger partial charge < -0.3 is 5.73 Å². The van der Waals surface area contributed by atoms with Gasteiger partial charge in [0.05, 0.1) is 5.69 Å². The fourth-order valence-corrected chi connectivity index (χ4v) is 3.98. The standard InChI is InChI=1S/C17H22N2S/c1-11(2)10-12-6-8-13(9-7-12)17-19-15-5-3-4-14(18)16(15)20-17/h6-9,11,14H,3-5,10,18H2,1-2H3. The van der Waals surface area contributed by atoms with E-state index in [0.29, 0.717) is 5.92 Å². The van der Waals surface area contributed by atoms with Gasteiger partial charge in [-0.25, -0.2) is 4.98 Å². The minimum absolute atomic E-state index is 0.199. The zero-order chi connectivity index (χ0) is 14.1. The Morgan fingerprint density at radius 3 is 2.70 bits per heavy atom. The quantitative estimate of drug-likeness (QED) is 0.911. The van der Waals surface area contributed by atoms with Crippen molar-refractivity contribution in [1.29, 1.82) is 0 Å². The maximum Gasteiger partial charge on any atom is 0.123 e. The normalized spacial score (nSPS) is 18.3. The van der Waals surface area contributed by atoms with Gasteiger partial charge in [0.2, 0.25) is 0 Å². The van der Waals surface area contributed by atoms with Crippen LogP contribution < -0.4 is 5.73 Å². The second kappa shape index (κ2) is 5.66. The van der Waals surface area contributed by atoms with Gasteiger partial charge in [-0.1, -0.05) is 38.1 Å². The molecule has 1 aliphatic carbocycles. The molecule has 3 heteroatoms. The van der Waals surface area contributed by atoms with E-state index in [0.717, 1.165) is 24.3 Å². The molecule has 0 radical (unpaired) electrons. The molecule has 0 amide bonds. The van der Waals surface area contributed by atoms with E-state index in [1.54, 1.807) is 11.3 Å². The van der Waals surface area contributed by atoms with Gasteiger partial charge in [-0.05, 0) is 37.2 Å². The molecule has 20 heavy (non-hydrogen) atoms. The Morgan fingerprint density at radius 1 is 1.30 bits per heavy atom. The number of hydrogen-bond donors (Lipinski definition) is 1. The summed E-state index contributed by atoms with van der Waals surface area (Å²) in [5.74, 6) is 0.700. The van der Waals surface area contributed by atoms with E-state index in [1.807, 2.05) is 0 Å². The number of fused-ring (bicyclic) bond motifs is 1. The van der Waals surface area contributed by atoms with Crippen molar-refractivity contribution >= 4 is 11.3 Å². The molecule has 106 valence electrons. The lowest BCUT2D eigenvalue weighted by molar-refractivity contribution is 0.573. The summed E-state index contributed by atoms with van der Waals surface area (Å²) in [6.07, 6.45) is 4.50. The molecule has 2 aromatic rings. The molecule has 0 bridgehead atoms. The lowest BCUT2D eigenvalue weighted by Gasteiger charge is -2.15. The highest BCUT2D eigenvalue weighted by molar-refractivity contribution is 7.15. The molecule has 1 aliphatic rings. The van der Waals surface area contributed by atoms with E-state index in [9.17, 15) is 0 Å². The fourth-order valence-electron chi connectivity index (χ4n) is 2.83. The van der Waals surface area contributed by atoms with Gasteiger partial charge in [0.1, 0.15) is 5.01 Å². The SMILES string of the molecule is CC(C)Cc1ccc(-c2nc3c(s2)C(N)CCC3)cc1. The molecule has 0 aliphatic heterocycles. The molecule has 0 saturated heterocycles. The first-order valence-electron chi connectivity index (χ1n) is 7.48. The van der Waals surface area contributed by atoms with Crippen LogP contribution in [0.15, 0.2) is 24.3 Å². The Bertz CT molecular complexity index is 584. The Kier molecular flexibility index (Phi) is 3.90. The van der Waals surface area contributed by atoms with Crippen LogP contribution in [0.1, 0.15) is 48.9 Å². The second-order valence-electron chi connectivity index (χ2n) is 6.12. The summed E-state index contributed by atoms with van der Waals surface area (Å²) in [6, 6.07) is 9.07. The van der Waals surface area contributed by atoms with E-state index in [4.69, 9.17) is 10.7 Å². The van der Waals surface area contributed by atoms with E-state index in [2.05, 4.69) is 38.1 Å². The summed E-state index contributed by atoms with van der Waals surface area (Å²) < 4.78 is 0. The zero-order valence-electron chi connectivity index (χ0n) is 12.2.